The molecule has 160 valence electrons. The van der Waals surface area contributed by atoms with Crippen LogP contribution in [0.3, 0.4) is 0 Å². The standard InChI is InChI=1S/C26H25BrFNO2/c1-26(2,3)31-25(30)23(16-20-14-15-21(27)17-22(20)28)29-24(18-10-6-4-7-11-18)19-12-8-5-9-13-19/h4-15,17,23H,16H2,1-3H3. The zero-order chi connectivity index (χ0) is 22.4. The molecule has 0 aliphatic heterocycles. The van der Waals surface area contributed by atoms with Gasteiger partial charge in [0, 0.05) is 22.0 Å². The van der Waals surface area contributed by atoms with Gasteiger partial charge in [0.05, 0.1) is 5.71 Å². The van der Waals surface area contributed by atoms with Crippen LogP contribution in [0.15, 0.2) is 88.3 Å². The molecule has 0 aromatic heterocycles. The van der Waals surface area contributed by atoms with Gasteiger partial charge in [0.2, 0.25) is 0 Å². The van der Waals surface area contributed by atoms with Gasteiger partial charge in [0.25, 0.3) is 0 Å². The molecule has 0 amide bonds. The summed E-state index contributed by atoms with van der Waals surface area (Å²) in [6.07, 6.45) is 0.0944. The Bertz CT molecular complexity index is 1020. The van der Waals surface area contributed by atoms with Crippen LogP contribution in [0.4, 0.5) is 4.39 Å². The van der Waals surface area contributed by atoms with Gasteiger partial charge in [-0.05, 0) is 38.5 Å². The van der Waals surface area contributed by atoms with Crippen LogP contribution in [0.5, 0.6) is 0 Å². The largest absolute Gasteiger partial charge is 0.458 e. The molecule has 0 spiro atoms. The number of carbonyl (C=O) groups is 1. The van der Waals surface area contributed by atoms with Crippen molar-refractivity contribution in [3.63, 3.8) is 0 Å². The Morgan fingerprint density at radius 1 is 0.968 bits per heavy atom. The number of nitrogens with zero attached hydrogens (tertiary/aromatic N) is 1. The molecule has 5 heteroatoms. The van der Waals surface area contributed by atoms with E-state index < -0.39 is 17.6 Å². The lowest BCUT2D eigenvalue weighted by atomic mass is 10.0. The maximum absolute atomic E-state index is 14.6. The van der Waals surface area contributed by atoms with Crippen molar-refractivity contribution >= 4 is 27.6 Å². The molecule has 0 N–H and O–H groups in total. The second kappa shape index (κ2) is 10.0. The molecule has 0 bridgehead atoms. The fourth-order valence-electron chi connectivity index (χ4n) is 3.11. The Hall–Kier alpha value is -2.79. The highest BCUT2D eigenvalue weighted by Gasteiger charge is 2.27. The van der Waals surface area contributed by atoms with Crippen molar-refractivity contribution in [3.05, 3.63) is 106 Å². The number of aliphatic imine (C=N–C) groups is 1. The Labute approximate surface area is 191 Å². The Balaban J connectivity index is 2.08. The molecule has 0 saturated heterocycles. The highest BCUT2D eigenvalue weighted by Crippen LogP contribution is 2.21. The number of hydrogen-bond acceptors (Lipinski definition) is 3. The van der Waals surface area contributed by atoms with E-state index in [9.17, 15) is 9.18 Å². The second-order valence-electron chi connectivity index (χ2n) is 8.20. The molecule has 3 rings (SSSR count). The van der Waals surface area contributed by atoms with Crippen LogP contribution in [-0.4, -0.2) is 23.3 Å². The summed E-state index contributed by atoms with van der Waals surface area (Å²) in [6.45, 7) is 5.42. The van der Waals surface area contributed by atoms with E-state index in [2.05, 4.69) is 15.9 Å². The maximum atomic E-state index is 14.6. The van der Waals surface area contributed by atoms with Crippen LogP contribution < -0.4 is 0 Å². The summed E-state index contributed by atoms with van der Waals surface area (Å²) >= 11 is 3.27. The number of halogens is 2. The minimum absolute atomic E-state index is 0.0944. The van der Waals surface area contributed by atoms with Crippen molar-refractivity contribution in [2.24, 2.45) is 4.99 Å². The monoisotopic (exact) mass is 481 g/mol. The van der Waals surface area contributed by atoms with Crippen LogP contribution >= 0.6 is 15.9 Å². The molecule has 31 heavy (non-hydrogen) atoms. The zero-order valence-electron chi connectivity index (χ0n) is 17.8. The third-order valence-corrected chi connectivity index (χ3v) is 4.98. The van der Waals surface area contributed by atoms with Crippen LogP contribution in [0.25, 0.3) is 0 Å². The van der Waals surface area contributed by atoms with Crippen molar-refractivity contribution in [1.82, 2.24) is 0 Å². The maximum Gasteiger partial charge on any atom is 0.331 e. The van der Waals surface area contributed by atoms with Crippen LogP contribution in [0.1, 0.15) is 37.5 Å². The van der Waals surface area contributed by atoms with Gasteiger partial charge in [0.1, 0.15) is 11.4 Å². The zero-order valence-corrected chi connectivity index (χ0v) is 19.4. The number of esters is 1. The van der Waals surface area contributed by atoms with E-state index in [-0.39, 0.29) is 12.2 Å². The molecule has 1 atom stereocenters. The quantitative estimate of drug-likeness (QED) is 0.302. The van der Waals surface area contributed by atoms with Gasteiger partial charge in [0.15, 0.2) is 6.04 Å². The number of hydrogen-bond donors (Lipinski definition) is 0. The molecule has 0 radical (unpaired) electrons. The van der Waals surface area contributed by atoms with Crippen LogP contribution in [0, 0.1) is 5.82 Å². The lowest BCUT2D eigenvalue weighted by Crippen LogP contribution is -2.33. The third-order valence-electron chi connectivity index (χ3n) is 4.49. The van der Waals surface area contributed by atoms with Crippen molar-refractivity contribution < 1.29 is 13.9 Å². The smallest absolute Gasteiger partial charge is 0.331 e. The first-order chi connectivity index (χ1) is 14.7. The highest BCUT2D eigenvalue weighted by atomic mass is 79.9. The molecule has 0 heterocycles. The molecule has 3 nitrogen and oxygen atoms in total. The van der Waals surface area contributed by atoms with Gasteiger partial charge in [-0.1, -0.05) is 82.7 Å². The van der Waals surface area contributed by atoms with Crippen molar-refractivity contribution in [2.45, 2.75) is 38.8 Å². The number of rotatable bonds is 6. The normalized spacial score (nSPS) is 12.2. The summed E-state index contributed by atoms with van der Waals surface area (Å²) in [6, 6.07) is 23.2. The summed E-state index contributed by atoms with van der Waals surface area (Å²) in [7, 11) is 0. The predicted octanol–water partition coefficient (Wildman–Crippen LogP) is 6.38. The van der Waals surface area contributed by atoms with Crippen molar-refractivity contribution in [2.75, 3.05) is 0 Å². The van der Waals surface area contributed by atoms with E-state index >= 15 is 0 Å². The summed E-state index contributed by atoms with van der Waals surface area (Å²) < 4.78 is 20.8. The average molecular weight is 482 g/mol. The van der Waals surface area contributed by atoms with Gasteiger partial charge < -0.3 is 4.74 Å². The SMILES string of the molecule is CC(C)(C)OC(=O)C(Cc1ccc(Br)cc1F)N=C(c1ccccc1)c1ccccc1. The van der Waals surface area contributed by atoms with Crippen LogP contribution in [-0.2, 0) is 16.0 Å². The van der Waals surface area contributed by atoms with Gasteiger partial charge in [-0.25, -0.2) is 9.18 Å². The fourth-order valence-corrected chi connectivity index (χ4v) is 3.44. The molecule has 0 aliphatic rings. The van der Waals surface area contributed by atoms with Crippen molar-refractivity contribution in [3.8, 4) is 0 Å². The second-order valence-corrected chi connectivity index (χ2v) is 9.11. The summed E-state index contributed by atoms with van der Waals surface area (Å²) in [4.78, 5) is 17.9. The lowest BCUT2D eigenvalue weighted by Gasteiger charge is -2.23. The minimum atomic E-state index is -0.898. The Morgan fingerprint density at radius 3 is 2.00 bits per heavy atom. The first-order valence-electron chi connectivity index (χ1n) is 10.1. The minimum Gasteiger partial charge on any atom is -0.458 e. The van der Waals surface area contributed by atoms with Gasteiger partial charge >= 0.3 is 5.97 Å². The number of benzene rings is 3. The predicted molar refractivity (Wildman–Crippen MR) is 126 cm³/mol. The fraction of sp³-hybridized carbons (Fsp3) is 0.231. The first-order valence-corrected chi connectivity index (χ1v) is 10.9. The molecule has 3 aromatic rings. The summed E-state index contributed by atoms with van der Waals surface area (Å²) in [5.74, 6) is -0.877. The van der Waals surface area contributed by atoms with E-state index in [1.54, 1.807) is 32.9 Å². The summed E-state index contributed by atoms with van der Waals surface area (Å²) in [5.41, 5.74) is 2.14. The van der Waals surface area contributed by atoms with E-state index in [1.165, 1.54) is 6.07 Å². The van der Waals surface area contributed by atoms with Crippen LogP contribution in [0.2, 0.25) is 0 Å². The third kappa shape index (κ3) is 6.59. The topological polar surface area (TPSA) is 38.7 Å². The van der Waals surface area contributed by atoms with E-state index in [0.29, 0.717) is 15.7 Å². The molecular formula is C26H25BrFNO2. The number of ether oxygens (including phenoxy) is 1. The summed E-state index contributed by atoms with van der Waals surface area (Å²) in [5, 5.41) is 0. The highest BCUT2D eigenvalue weighted by molar-refractivity contribution is 9.10. The van der Waals surface area contributed by atoms with E-state index in [4.69, 9.17) is 9.73 Å². The van der Waals surface area contributed by atoms with E-state index in [0.717, 1.165) is 11.1 Å². The van der Waals surface area contributed by atoms with Gasteiger partial charge in [-0.15, -0.1) is 0 Å². The molecular weight excluding hydrogens is 457 g/mol. The Morgan fingerprint density at radius 2 is 1.52 bits per heavy atom. The van der Waals surface area contributed by atoms with Gasteiger partial charge in [-0.3, -0.25) is 4.99 Å². The van der Waals surface area contributed by atoms with E-state index in [1.807, 2.05) is 60.7 Å². The molecule has 0 fully saturated rings. The molecule has 0 saturated carbocycles. The number of carbonyl (C=O) groups excluding carboxylic acids is 1. The molecule has 0 aliphatic carbocycles. The lowest BCUT2D eigenvalue weighted by molar-refractivity contribution is -0.156. The Kier molecular flexibility index (Phi) is 7.39. The van der Waals surface area contributed by atoms with Crippen molar-refractivity contribution in [1.29, 1.82) is 0 Å². The first kappa shape index (κ1) is 22.9. The average Bonchev–Trinajstić information content (AvgIpc) is 2.72. The molecule has 1 unspecified atom stereocenters. The van der Waals surface area contributed by atoms with Gasteiger partial charge in [-0.2, -0.15) is 0 Å². The molecule has 3 aromatic carbocycles.